The molecule has 0 radical (unpaired) electrons. The molecule has 3 N–H and O–H groups in total. The number of hydrogen-bond donors (Lipinski definition) is 3. The normalized spacial score (nSPS) is 46.2. The number of hydrogen-bond acceptors (Lipinski definition) is 3. The van der Waals surface area contributed by atoms with E-state index in [1.807, 2.05) is 12.2 Å². The zero-order valence-corrected chi connectivity index (χ0v) is 7.03. The highest BCUT2D eigenvalue weighted by atomic mass is 16.3. The Morgan fingerprint density at radius 2 is 2.42 bits per heavy atom. The molecule has 3 nitrogen and oxygen atoms in total. The van der Waals surface area contributed by atoms with Gasteiger partial charge in [-0.25, -0.2) is 0 Å². The molecule has 3 heteroatoms. The Bertz CT molecular complexity index is 205. The number of nitrogens with one attached hydrogen (secondary N) is 1. The molecule has 0 unspecified atom stereocenters. The fourth-order valence-electron chi connectivity index (χ4n) is 2.23. The summed E-state index contributed by atoms with van der Waals surface area (Å²) in [7, 11) is 0. The van der Waals surface area contributed by atoms with Crippen LogP contribution in [-0.4, -0.2) is 34.5 Å². The fraction of sp³-hybridized carbons (Fsp3) is 0.778. The second-order valence-corrected chi connectivity index (χ2v) is 3.80. The summed E-state index contributed by atoms with van der Waals surface area (Å²) < 4.78 is 0. The van der Waals surface area contributed by atoms with Crippen LogP contribution in [-0.2, 0) is 0 Å². The Morgan fingerprint density at radius 1 is 1.58 bits per heavy atom. The highest BCUT2D eigenvalue weighted by Crippen LogP contribution is 2.34. The van der Waals surface area contributed by atoms with Gasteiger partial charge in [-0.15, -0.1) is 0 Å². The lowest BCUT2D eigenvalue weighted by Gasteiger charge is -2.28. The quantitative estimate of drug-likeness (QED) is 0.476. The molecule has 3 atom stereocenters. The minimum atomic E-state index is -0.367. The summed E-state index contributed by atoms with van der Waals surface area (Å²) in [6.07, 6.45) is 6.31. The van der Waals surface area contributed by atoms with Crippen LogP contribution in [0.4, 0.5) is 0 Å². The largest absolute Gasteiger partial charge is 0.395 e. The van der Waals surface area contributed by atoms with Crippen molar-refractivity contribution in [1.82, 2.24) is 5.32 Å². The molecule has 1 saturated heterocycles. The molecule has 1 aliphatic heterocycles. The van der Waals surface area contributed by atoms with Crippen molar-refractivity contribution >= 4 is 0 Å². The Morgan fingerprint density at radius 3 is 2.92 bits per heavy atom. The van der Waals surface area contributed by atoms with Gasteiger partial charge in [0.25, 0.3) is 0 Å². The van der Waals surface area contributed by atoms with Gasteiger partial charge in [-0.05, 0) is 19.3 Å². The van der Waals surface area contributed by atoms with Crippen LogP contribution in [0.2, 0.25) is 0 Å². The Labute approximate surface area is 72.1 Å². The first kappa shape index (κ1) is 8.23. The molecule has 0 aromatic heterocycles. The Balaban J connectivity index is 2.05. The fourth-order valence-corrected chi connectivity index (χ4v) is 2.23. The van der Waals surface area contributed by atoms with Crippen LogP contribution in [0.15, 0.2) is 12.2 Å². The highest BCUT2D eigenvalue weighted by molar-refractivity contribution is 5.18. The lowest BCUT2D eigenvalue weighted by molar-refractivity contribution is 0.116. The molecule has 12 heavy (non-hydrogen) atoms. The molecule has 1 aliphatic carbocycles. The van der Waals surface area contributed by atoms with Gasteiger partial charge in [0.2, 0.25) is 0 Å². The van der Waals surface area contributed by atoms with Crippen molar-refractivity contribution in [1.29, 1.82) is 0 Å². The van der Waals surface area contributed by atoms with E-state index in [0.29, 0.717) is 0 Å². The zero-order valence-electron chi connectivity index (χ0n) is 7.03. The van der Waals surface area contributed by atoms with Crippen molar-refractivity contribution in [2.45, 2.75) is 36.9 Å². The summed E-state index contributed by atoms with van der Waals surface area (Å²) in [4.78, 5) is 0. The van der Waals surface area contributed by atoms with E-state index in [2.05, 4.69) is 5.32 Å². The van der Waals surface area contributed by atoms with Gasteiger partial charge in [0.05, 0.1) is 18.2 Å². The van der Waals surface area contributed by atoms with Crippen molar-refractivity contribution < 1.29 is 10.2 Å². The molecular formula is C9H15NO2. The van der Waals surface area contributed by atoms with Crippen LogP contribution >= 0.6 is 0 Å². The molecule has 0 aromatic carbocycles. The molecular weight excluding hydrogens is 154 g/mol. The van der Waals surface area contributed by atoms with Gasteiger partial charge in [0.15, 0.2) is 0 Å². The topological polar surface area (TPSA) is 52.5 Å². The van der Waals surface area contributed by atoms with Crippen LogP contribution < -0.4 is 5.32 Å². The third-order valence-corrected chi connectivity index (χ3v) is 3.02. The van der Waals surface area contributed by atoms with E-state index in [1.165, 1.54) is 0 Å². The van der Waals surface area contributed by atoms with Gasteiger partial charge in [0.1, 0.15) is 0 Å². The predicted molar refractivity (Wildman–Crippen MR) is 45.7 cm³/mol. The molecule has 1 fully saturated rings. The predicted octanol–water partition coefficient (Wildman–Crippen LogP) is -0.210. The maximum Gasteiger partial charge on any atom is 0.0905 e. The van der Waals surface area contributed by atoms with E-state index in [0.717, 1.165) is 19.3 Å². The third kappa shape index (κ3) is 1.09. The number of aliphatic hydroxyl groups is 2. The van der Waals surface area contributed by atoms with Crippen LogP contribution in [0.3, 0.4) is 0 Å². The maximum absolute atomic E-state index is 9.66. The van der Waals surface area contributed by atoms with Crippen molar-refractivity contribution in [3.05, 3.63) is 12.2 Å². The minimum absolute atomic E-state index is 0.145. The minimum Gasteiger partial charge on any atom is -0.395 e. The number of aliphatic hydroxyl groups excluding tert-OH is 2. The van der Waals surface area contributed by atoms with E-state index in [-0.39, 0.29) is 24.3 Å². The highest BCUT2D eigenvalue weighted by Gasteiger charge is 2.44. The molecule has 0 bridgehead atoms. The Kier molecular flexibility index (Phi) is 1.94. The summed E-state index contributed by atoms with van der Waals surface area (Å²) in [6, 6.07) is 0.180. The SMILES string of the molecule is OC[C@@H]1CC[C@@]2(CC=C[C@H]2O)N1. The third-order valence-electron chi connectivity index (χ3n) is 3.02. The van der Waals surface area contributed by atoms with E-state index in [1.54, 1.807) is 0 Å². The van der Waals surface area contributed by atoms with Crippen LogP contribution in [0.5, 0.6) is 0 Å². The summed E-state index contributed by atoms with van der Waals surface area (Å²) in [5, 5.41) is 21.9. The second-order valence-electron chi connectivity index (χ2n) is 3.80. The smallest absolute Gasteiger partial charge is 0.0905 e. The van der Waals surface area contributed by atoms with Crippen LogP contribution in [0.1, 0.15) is 19.3 Å². The average molecular weight is 169 g/mol. The molecule has 1 spiro atoms. The van der Waals surface area contributed by atoms with Gasteiger partial charge in [-0.3, -0.25) is 0 Å². The summed E-state index contributed by atoms with van der Waals surface area (Å²) in [6.45, 7) is 0.175. The lowest BCUT2D eigenvalue weighted by Crippen LogP contribution is -2.49. The van der Waals surface area contributed by atoms with E-state index in [9.17, 15) is 5.11 Å². The molecule has 0 saturated carbocycles. The maximum atomic E-state index is 9.66. The van der Waals surface area contributed by atoms with Crippen molar-refractivity contribution in [2.75, 3.05) is 6.61 Å². The standard InChI is InChI=1S/C9H15NO2/c11-6-7-3-5-9(10-7)4-1-2-8(9)12/h1-2,7-8,10-12H,3-6H2/t7-,8+,9+/m0/s1. The molecule has 0 aromatic rings. The van der Waals surface area contributed by atoms with Gasteiger partial charge in [-0.2, -0.15) is 0 Å². The van der Waals surface area contributed by atoms with Crippen molar-refractivity contribution in [3.63, 3.8) is 0 Å². The molecule has 0 amide bonds. The van der Waals surface area contributed by atoms with Gasteiger partial charge < -0.3 is 15.5 Å². The summed E-state index contributed by atoms with van der Waals surface area (Å²) >= 11 is 0. The molecule has 68 valence electrons. The average Bonchev–Trinajstić information content (AvgIpc) is 2.63. The lowest BCUT2D eigenvalue weighted by atomic mass is 9.92. The second kappa shape index (κ2) is 2.83. The first-order valence-electron chi connectivity index (χ1n) is 4.50. The monoisotopic (exact) mass is 169 g/mol. The molecule has 1 heterocycles. The zero-order chi connectivity index (χ0) is 8.60. The molecule has 2 aliphatic rings. The summed E-state index contributed by atoms with van der Waals surface area (Å²) in [5.41, 5.74) is -0.145. The van der Waals surface area contributed by atoms with Crippen molar-refractivity contribution in [3.8, 4) is 0 Å². The first-order valence-corrected chi connectivity index (χ1v) is 4.50. The summed E-state index contributed by atoms with van der Waals surface area (Å²) in [5.74, 6) is 0. The van der Waals surface area contributed by atoms with Gasteiger partial charge >= 0.3 is 0 Å². The Hall–Kier alpha value is -0.380. The van der Waals surface area contributed by atoms with E-state index >= 15 is 0 Å². The van der Waals surface area contributed by atoms with E-state index in [4.69, 9.17) is 5.11 Å². The van der Waals surface area contributed by atoms with Crippen molar-refractivity contribution in [2.24, 2.45) is 0 Å². The van der Waals surface area contributed by atoms with E-state index < -0.39 is 0 Å². The number of rotatable bonds is 1. The first-order chi connectivity index (χ1) is 5.77. The molecule has 2 rings (SSSR count). The van der Waals surface area contributed by atoms with Crippen LogP contribution in [0.25, 0.3) is 0 Å². The van der Waals surface area contributed by atoms with Crippen LogP contribution in [0, 0.1) is 0 Å². The van der Waals surface area contributed by atoms with Gasteiger partial charge in [0, 0.05) is 6.04 Å². The van der Waals surface area contributed by atoms with Gasteiger partial charge in [-0.1, -0.05) is 12.2 Å².